The van der Waals surface area contributed by atoms with Gasteiger partial charge in [0.1, 0.15) is 0 Å². The average molecular weight is 394 g/mol. The number of rotatable bonds is 4. The first-order valence-electron chi connectivity index (χ1n) is 5.86. The van der Waals surface area contributed by atoms with Gasteiger partial charge in [-0.15, -0.1) is 0 Å². The monoisotopic (exact) mass is 394 g/mol. The lowest BCUT2D eigenvalue weighted by molar-refractivity contribution is -0.128. The molecule has 0 spiro atoms. The van der Waals surface area contributed by atoms with Crippen LogP contribution in [0.4, 0.5) is 0 Å². The Hall–Kier alpha value is -0.670. The second kappa shape index (κ2) is 5.76. The number of carbonyl (C=O) groups is 1. The van der Waals surface area contributed by atoms with E-state index in [1.807, 2.05) is 24.3 Å². The molecule has 1 unspecified atom stereocenters. The van der Waals surface area contributed by atoms with Crippen LogP contribution in [0.3, 0.4) is 0 Å². The second-order valence-corrected chi connectivity index (χ2v) is 7.71. The van der Waals surface area contributed by atoms with Crippen LogP contribution in [0.25, 0.3) is 0 Å². The molecule has 104 valence electrons. The highest BCUT2D eigenvalue weighted by molar-refractivity contribution is 14.1. The third kappa shape index (κ3) is 4.43. The minimum absolute atomic E-state index is 0.00722. The van der Waals surface area contributed by atoms with E-state index in [0.29, 0.717) is 13.1 Å². The topological polar surface area (TPSA) is 80.5 Å². The molecule has 7 heteroatoms. The van der Waals surface area contributed by atoms with Gasteiger partial charge in [0, 0.05) is 29.0 Å². The predicted molar refractivity (Wildman–Crippen MR) is 80.7 cm³/mol. The quantitative estimate of drug-likeness (QED) is 0.772. The summed E-state index contributed by atoms with van der Waals surface area (Å²) in [5.74, 6) is -0.319. The molecule has 5 nitrogen and oxygen atoms in total. The molecule has 2 N–H and O–H groups in total. The summed E-state index contributed by atoms with van der Waals surface area (Å²) in [7, 11) is -3.51. The Kier molecular flexibility index (Phi) is 4.46. The van der Waals surface area contributed by atoms with Crippen molar-refractivity contribution < 1.29 is 13.2 Å². The average Bonchev–Trinajstić information content (AvgIpc) is 2.60. The van der Waals surface area contributed by atoms with Crippen LogP contribution >= 0.6 is 22.6 Å². The van der Waals surface area contributed by atoms with Crippen molar-refractivity contribution in [2.24, 2.45) is 11.1 Å². The molecule has 0 bridgehead atoms. The van der Waals surface area contributed by atoms with E-state index < -0.39 is 10.0 Å². The Morgan fingerprint density at radius 3 is 2.53 bits per heavy atom. The largest absolute Gasteiger partial charge is 0.338 e. The van der Waals surface area contributed by atoms with Gasteiger partial charge in [0.15, 0.2) is 0 Å². The van der Waals surface area contributed by atoms with Crippen molar-refractivity contribution >= 4 is 38.5 Å². The number of amides is 1. The van der Waals surface area contributed by atoms with Crippen molar-refractivity contribution in [3.8, 4) is 0 Å². The van der Waals surface area contributed by atoms with Crippen molar-refractivity contribution in [1.29, 1.82) is 0 Å². The van der Waals surface area contributed by atoms with E-state index in [9.17, 15) is 13.2 Å². The summed E-state index contributed by atoms with van der Waals surface area (Å²) in [6.45, 7) is 0.984. The highest BCUT2D eigenvalue weighted by Crippen LogP contribution is 2.21. The van der Waals surface area contributed by atoms with Gasteiger partial charge >= 0.3 is 0 Å². The third-order valence-electron chi connectivity index (χ3n) is 3.05. The molecule has 1 fully saturated rings. The molecule has 1 heterocycles. The van der Waals surface area contributed by atoms with Gasteiger partial charge in [-0.05, 0) is 40.3 Å². The molecule has 1 atom stereocenters. The minimum Gasteiger partial charge on any atom is -0.338 e. The standard InChI is InChI=1S/C12H15IN2O3S/c13-11-3-1-9(2-4-11)6-15-7-10(5-12(15)16)8-19(14,17)18/h1-4,10H,5-8H2,(H2,14,17,18). The van der Waals surface area contributed by atoms with Crippen LogP contribution < -0.4 is 5.14 Å². The van der Waals surface area contributed by atoms with Gasteiger partial charge in [-0.2, -0.15) is 0 Å². The summed E-state index contributed by atoms with van der Waals surface area (Å²) >= 11 is 2.22. The lowest BCUT2D eigenvalue weighted by Gasteiger charge is -2.16. The molecule has 1 aliphatic heterocycles. The molecule has 0 saturated carbocycles. The maximum atomic E-state index is 11.8. The highest BCUT2D eigenvalue weighted by Gasteiger charge is 2.31. The van der Waals surface area contributed by atoms with Crippen molar-refractivity contribution in [2.45, 2.75) is 13.0 Å². The number of carbonyl (C=O) groups excluding carboxylic acids is 1. The number of halogens is 1. The van der Waals surface area contributed by atoms with Gasteiger partial charge in [-0.1, -0.05) is 12.1 Å². The van der Waals surface area contributed by atoms with Crippen LogP contribution in [0.1, 0.15) is 12.0 Å². The minimum atomic E-state index is -3.51. The molecule has 1 aromatic carbocycles. The zero-order valence-electron chi connectivity index (χ0n) is 10.3. The predicted octanol–water partition coefficient (Wildman–Crippen LogP) is 0.928. The van der Waals surface area contributed by atoms with E-state index in [1.165, 1.54) is 0 Å². The lowest BCUT2D eigenvalue weighted by Crippen LogP contribution is -2.27. The number of likely N-dealkylation sites (tertiary alicyclic amines) is 1. The normalized spacial score (nSPS) is 20.0. The van der Waals surface area contributed by atoms with Gasteiger partial charge in [0.05, 0.1) is 5.75 Å². The van der Waals surface area contributed by atoms with Crippen LogP contribution in [-0.4, -0.2) is 31.5 Å². The van der Waals surface area contributed by atoms with Gasteiger partial charge in [0.2, 0.25) is 15.9 Å². The fourth-order valence-corrected chi connectivity index (χ4v) is 3.50. The van der Waals surface area contributed by atoms with Crippen LogP contribution in [0.15, 0.2) is 24.3 Å². The Morgan fingerprint density at radius 1 is 1.32 bits per heavy atom. The van der Waals surface area contributed by atoms with Crippen LogP contribution in [-0.2, 0) is 21.4 Å². The Balaban J connectivity index is 1.98. The molecule has 0 radical (unpaired) electrons. The number of primary sulfonamides is 1. The zero-order chi connectivity index (χ0) is 14.0. The molecule has 1 saturated heterocycles. The van der Waals surface area contributed by atoms with Crippen molar-refractivity contribution in [3.63, 3.8) is 0 Å². The SMILES string of the molecule is NS(=O)(=O)CC1CC(=O)N(Cc2ccc(I)cc2)C1. The van der Waals surface area contributed by atoms with E-state index in [0.717, 1.165) is 9.13 Å². The van der Waals surface area contributed by atoms with Crippen LogP contribution in [0.2, 0.25) is 0 Å². The Bertz CT molecular complexity index is 571. The van der Waals surface area contributed by atoms with E-state index in [4.69, 9.17) is 5.14 Å². The highest BCUT2D eigenvalue weighted by atomic mass is 127. The van der Waals surface area contributed by atoms with Crippen molar-refractivity contribution in [2.75, 3.05) is 12.3 Å². The Morgan fingerprint density at radius 2 is 1.95 bits per heavy atom. The molecule has 19 heavy (non-hydrogen) atoms. The third-order valence-corrected chi connectivity index (χ3v) is 4.70. The van der Waals surface area contributed by atoms with Crippen LogP contribution in [0, 0.1) is 9.49 Å². The van der Waals surface area contributed by atoms with E-state index in [1.54, 1.807) is 4.90 Å². The van der Waals surface area contributed by atoms with Crippen molar-refractivity contribution in [3.05, 3.63) is 33.4 Å². The zero-order valence-corrected chi connectivity index (χ0v) is 13.2. The fourth-order valence-electron chi connectivity index (χ4n) is 2.26. The lowest BCUT2D eigenvalue weighted by atomic mass is 10.1. The van der Waals surface area contributed by atoms with Gasteiger partial charge in [-0.3, -0.25) is 4.79 Å². The molecule has 0 aromatic heterocycles. The molecule has 1 aliphatic rings. The first-order chi connectivity index (χ1) is 8.83. The van der Waals surface area contributed by atoms with Gasteiger partial charge in [-0.25, -0.2) is 13.6 Å². The summed E-state index contributed by atoms with van der Waals surface area (Å²) in [5.41, 5.74) is 1.05. The summed E-state index contributed by atoms with van der Waals surface area (Å²) in [5, 5.41) is 5.02. The number of nitrogens with zero attached hydrogens (tertiary/aromatic N) is 1. The number of hydrogen-bond acceptors (Lipinski definition) is 3. The molecule has 0 aliphatic carbocycles. The fraction of sp³-hybridized carbons (Fsp3) is 0.417. The summed E-state index contributed by atoms with van der Waals surface area (Å²) in [6.07, 6.45) is 0.265. The molecule has 2 rings (SSSR count). The number of nitrogens with two attached hydrogens (primary N) is 1. The number of benzene rings is 1. The van der Waals surface area contributed by atoms with Gasteiger partial charge in [0.25, 0.3) is 0 Å². The first-order valence-corrected chi connectivity index (χ1v) is 8.65. The summed E-state index contributed by atoms with van der Waals surface area (Å²) in [4.78, 5) is 13.5. The van der Waals surface area contributed by atoms with Crippen LogP contribution in [0.5, 0.6) is 0 Å². The summed E-state index contributed by atoms with van der Waals surface area (Å²) < 4.78 is 23.2. The smallest absolute Gasteiger partial charge is 0.223 e. The second-order valence-electron chi connectivity index (χ2n) is 4.80. The van der Waals surface area contributed by atoms with E-state index in [-0.39, 0.29) is 24.0 Å². The van der Waals surface area contributed by atoms with Gasteiger partial charge < -0.3 is 4.90 Å². The molecular weight excluding hydrogens is 379 g/mol. The Labute approximate surface area is 126 Å². The van der Waals surface area contributed by atoms with E-state index in [2.05, 4.69) is 22.6 Å². The summed E-state index contributed by atoms with van der Waals surface area (Å²) in [6, 6.07) is 7.92. The van der Waals surface area contributed by atoms with Crippen molar-refractivity contribution in [1.82, 2.24) is 4.90 Å². The first kappa shape index (κ1) is 14.7. The number of hydrogen-bond donors (Lipinski definition) is 1. The van der Waals surface area contributed by atoms with E-state index >= 15 is 0 Å². The molecule has 1 aromatic rings. The molecular formula is C12H15IN2O3S. The maximum absolute atomic E-state index is 11.8. The molecule has 1 amide bonds. The number of sulfonamides is 1. The maximum Gasteiger partial charge on any atom is 0.223 e.